The molecule has 2 heterocycles. The minimum atomic E-state index is -4.80. The minimum Gasteiger partial charge on any atom is -0.406 e. The standard InChI is InChI=1S/C17H13F5N4O2/c1-27-16(18,19)15-25-24-14-7-23-13(8-26(14)15)11-5-4-10(28-17(20,21)22)6-12(11)9-2-3-9/h4-9H,2-3H2,1H3. The summed E-state index contributed by atoms with van der Waals surface area (Å²) >= 11 is 0. The second kappa shape index (κ2) is 6.36. The molecule has 28 heavy (non-hydrogen) atoms. The molecule has 11 heteroatoms. The quantitative estimate of drug-likeness (QED) is 0.599. The highest BCUT2D eigenvalue weighted by Crippen LogP contribution is 2.45. The summed E-state index contributed by atoms with van der Waals surface area (Å²) in [6.45, 7) is 0. The molecule has 0 aliphatic heterocycles. The number of methoxy groups -OCH3 is 1. The van der Waals surface area contributed by atoms with Gasteiger partial charge in [-0.3, -0.25) is 9.38 Å². The molecular weight excluding hydrogens is 387 g/mol. The number of fused-ring (bicyclic) bond motifs is 1. The Morgan fingerprint density at radius 1 is 1.11 bits per heavy atom. The zero-order valence-corrected chi connectivity index (χ0v) is 14.4. The molecule has 0 spiro atoms. The maximum Gasteiger partial charge on any atom is 0.573 e. The molecule has 3 aromatic rings. The Hall–Kier alpha value is -2.82. The first-order valence-corrected chi connectivity index (χ1v) is 8.22. The molecule has 0 unspecified atom stereocenters. The monoisotopic (exact) mass is 400 g/mol. The van der Waals surface area contributed by atoms with Crippen molar-refractivity contribution in [2.24, 2.45) is 0 Å². The van der Waals surface area contributed by atoms with Crippen LogP contribution in [0.4, 0.5) is 22.0 Å². The van der Waals surface area contributed by atoms with Gasteiger partial charge in [-0.25, -0.2) is 0 Å². The molecule has 0 atom stereocenters. The van der Waals surface area contributed by atoms with Gasteiger partial charge in [-0.05, 0) is 42.5 Å². The molecule has 0 saturated heterocycles. The van der Waals surface area contributed by atoms with E-state index in [2.05, 4.69) is 24.7 Å². The Labute approximate surface area is 154 Å². The number of alkyl halides is 5. The summed E-state index contributed by atoms with van der Waals surface area (Å²) in [5.41, 5.74) is 1.52. The fraction of sp³-hybridized carbons (Fsp3) is 0.353. The molecule has 4 rings (SSSR count). The number of benzene rings is 1. The Morgan fingerprint density at radius 2 is 1.86 bits per heavy atom. The third-order valence-corrected chi connectivity index (χ3v) is 4.36. The number of halogens is 5. The molecule has 1 aliphatic rings. The molecule has 1 fully saturated rings. The zero-order chi connectivity index (χ0) is 20.1. The predicted molar refractivity (Wildman–Crippen MR) is 85.8 cm³/mol. The predicted octanol–water partition coefficient (Wildman–Crippen LogP) is 4.26. The lowest BCUT2D eigenvalue weighted by molar-refractivity contribution is -0.274. The summed E-state index contributed by atoms with van der Waals surface area (Å²) in [6, 6.07) is 3.90. The highest BCUT2D eigenvalue weighted by Gasteiger charge is 2.38. The average Bonchev–Trinajstić information content (AvgIpc) is 3.38. The molecule has 0 N–H and O–H groups in total. The average molecular weight is 400 g/mol. The van der Waals surface area contributed by atoms with Gasteiger partial charge >= 0.3 is 12.5 Å². The molecule has 6 nitrogen and oxygen atoms in total. The lowest BCUT2D eigenvalue weighted by Crippen LogP contribution is -2.19. The van der Waals surface area contributed by atoms with Crippen molar-refractivity contribution >= 4 is 5.65 Å². The summed E-state index contributed by atoms with van der Waals surface area (Å²) < 4.78 is 74.6. The van der Waals surface area contributed by atoms with E-state index in [1.54, 1.807) is 0 Å². The second-order valence-electron chi connectivity index (χ2n) is 6.32. The van der Waals surface area contributed by atoms with E-state index in [4.69, 9.17) is 0 Å². The van der Waals surface area contributed by atoms with Crippen molar-refractivity contribution in [1.29, 1.82) is 0 Å². The Balaban J connectivity index is 1.80. The van der Waals surface area contributed by atoms with Gasteiger partial charge in [-0.2, -0.15) is 8.78 Å². The van der Waals surface area contributed by atoms with Crippen LogP contribution in [0.3, 0.4) is 0 Å². The molecule has 0 bridgehead atoms. The van der Waals surface area contributed by atoms with Gasteiger partial charge < -0.3 is 9.47 Å². The summed E-state index contributed by atoms with van der Waals surface area (Å²) in [5.74, 6) is -1.00. The molecular formula is C17H13F5N4O2. The normalized spacial score (nSPS) is 15.2. The maximum absolute atomic E-state index is 13.9. The van der Waals surface area contributed by atoms with Gasteiger partial charge in [0.2, 0.25) is 5.82 Å². The van der Waals surface area contributed by atoms with Crippen LogP contribution in [-0.2, 0) is 10.8 Å². The lowest BCUT2D eigenvalue weighted by Gasteiger charge is -2.14. The lowest BCUT2D eigenvalue weighted by atomic mass is 10.0. The SMILES string of the molecule is COC(F)(F)c1nnc2cnc(-c3ccc(OC(F)(F)F)cc3C3CC3)cn12. The third-order valence-electron chi connectivity index (χ3n) is 4.36. The summed E-state index contributed by atoms with van der Waals surface area (Å²) in [7, 11) is 0.841. The van der Waals surface area contributed by atoms with Gasteiger partial charge in [-0.1, -0.05) is 0 Å². The van der Waals surface area contributed by atoms with E-state index in [1.807, 2.05) is 0 Å². The van der Waals surface area contributed by atoms with E-state index in [1.165, 1.54) is 24.5 Å². The molecule has 0 amide bonds. The Morgan fingerprint density at radius 3 is 2.50 bits per heavy atom. The van der Waals surface area contributed by atoms with Crippen LogP contribution in [0.5, 0.6) is 5.75 Å². The maximum atomic E-state index is 13.9. The number of nitrogens with zero attached hydrogens (tertiary/aromatic N) is 4. The van der Waals surface area contributed by atoms with Crippen molar-refractivity contribution in [2.45, 2.75) is 31.2 Å². The van der Waals surface area contributed by atoms with Crippen LogP contribution >= 0.6 is 0 Å². The number of aromatic nitrogens is 4. The van der Waals surface area contributed by atoms with Crippen LogP contribution in [0, 0.1) is 0 Å². The molecule has 148 valence electrons. The Kier molecular flexibility index (Phi) is 4.21. The Bertz CT molecular complexity index is 1030. The third kappa shape index (κ3) is 3.49. The minimum absolute atomic E-state index is 0.0603. The van der Waals surface area contributed by atoms with Gasteiger partial charge in [0.15, 0.2) is 5.65 Å². The summed E-state index contributed by atoms with van der Waals surface area (Å²) in [5, 5.41) is 7.09. The van der Waals surface area contributed by atoms with Crippen LogP contribution < -0.4 is 4.74 Å². The largest absolute Gasteiger partial charge is 0.573 e. The van der Waals surface area contributed by atoms with Crippen LogP contribution in [0.2, 0.25) is 0 Å². The van der Waals surface area contributed by atoms with Gasteiger partial charge in [-0.15, -0.1) is 23.4 Å². The first-order valence-electron chi connectivity index (χ1n) is 8.22. The first-order chi connectivity index (χ1) is 13.2. The van der Waals surface area contributed by atoms with E-state index in [9.17, 15) is 22.0 Å². The molecule has 1 aromatic carbocycles. The van der Waals surface area contributed by atoms with Crippen molar-refractivity contribution in [2.75, 3.05) is 7.11 Å². The van der Waals surface area contributed by atoms with Crippen molar-refractivity contribution in [3.8, 4) is 17.0 Å². The molecule has 1 aliphatic carbocycles. The van der Waals surface area contributed by atoms with Crippen molar-refractivity contribution in [3.05, 3.63) is 42.0 Å². The number of ether oxygens (including phenoxy) is 2. The summed E-state index contributed by atoms with van der Waals surface area (Å²) in [6.07, 6.45) is -4.28. The zero-order valence-electron chi connectivity index (χ0n) is 14.4. The molecule has 1 saturated carbocycles. The number of hydrogen-bond acceptors (Lipinski definition) is 5. The highest BCUT2D eigenvalue weighted by atomic mass is 19.4. The van der Waals surface area contributed by atoms with Gasteiger partial charge in [0.25, 0.3) is 0 Å². The van der Waals surface area contributed by atoms with Gasteiger partial charge in [0.05, 0.1) is 11.9 Å². The van der Waals surface area contributed by atoms with Crippen LogP contribution in [0.15, 0.2) is 30.6 Å². The smallest absolute Gasteiger partial charge is 0.406 e. The molecule has 0 radical (unpaired) electrons. The number of hydrogen-bond donors (Lipinski definition) is 0. The fourth-order valence-electron chi connectivity index (χ4n) is 2.93. The fourth-order valence-corrected chi connectivity index (χ4v) is 2.93. The van der Waals surface area contributed by atoms with E-state index in [0.29, 0.717) is 16.8 Å². The van der Waals surface area contributed by atoms with Crippen LogP contribution in [-0.4, -0.2) is 33.1 Å². The second-order valence-corrected chi connectivity index (χ2v) is 6.32. The van der Waals surface area contributed by atoms with E-state index in [-0.39, 0.29) is 17.3 Å². The van der Waals surface area contributed by atoms with Crippen molar-refractivity contribution in [1.82, 2.24) is 19.6 Å². The van der Waals surface area contributed by atoms with E-state index >= 15 is 0 Å². The van der Waals surface area contributed by atoms with Crippen molar-refractivity contribution < 1.29 is 31.4 Å². The van der Waals surface area contributed by atoms with E-state index < -0.39 is 18.3 Å². The van der Waals surface area contributed by atoms with Gasteiger partial charge in [0, 0.05) is 18.9 Å². The highest BCUT2D eigenvalue weighted by molar-refractivity contribution is 5.67. The summed E-state index contributed by atoms with van der Waals surface area (Å²) in [4.78, 5) is 4.20. The van der Waals surface area contributed by atoms with E-state index in [0.717, 1.165) is 30.4 Å². The van der Waals surface area contributed by atoms with Crippen LogP contribution in [0.25, 0.3) is 16.9 Å². The number of rotatable bonds is 5. The topological polar surface area (TPSA) is 61.5 Å². The molecule has 2 aromatic heterocycles. The first kappa shape index (κ1) is 18.5. The van der Waals surface area contributed by atoms with Crippen LogP contribution in [0.1, 0.15) is 30.1 Å². The van der Waals surface area contributed by atoms with Gasteiger partial charge in [0.1, 0.15) is 5.75 Å². The van der Waals surface area contributed by atoms with Crippen molar-refractivity contribution in [3.63, 3.8) is 0 Å².